The van der Waals surface area contributed by atoms with Crippen LogP contribution in [0.1, 0.15) is 34.6 Å². The van der Waals surface area contributed by atoms with E-state index in [1.54, 1.807) is 24.4 Å². The van der Waals surface area contributed by atoms with Crippen LogP contribution in [0.3, 0.4) is 0 Å². The minimum Gasteiger partial charge on any atom is -0.487 e. The predicted molar refractivity (Wildman–Crippen MR) is 100 cm³/mol. The second-order valence-corrected chi connectivity index (χ2v) is 6.38. The summed E-state index contributed by atoms with van der Waals surface area (Å²) in [7, 11) is 0. The van der Waals surface area contributed by atoms with E-state index < -0.39 is 0 Å². The van der Waals surface area contributed by atoms with Gasteiger partial charge in [-0.25, -0.2) is 0 Å². The molecule has 136 valence electrons. The van der Waals surface area contributed by atoms with E-state index in [1.165, 1.54) is 0 Å². The Hall–Kier alpha value is -3.34. The molecule has 0 saturated heterocycles. The highest BCUT2D eigenvalue weighted by Crippen LogP contribution is 2.39. The normalized spacial score (nSPS) is 18.0. The number of benzene rings is 2. The second-order valence-electron chi connectivity index (χ2n) is 6.38. The molecule has 2 heterocycles. The smallest absolute Gasteiger partial charge is 0.177 e. The molecule has 0 saturated carbocycles. The zero-order valence-corrected chi connectivity index (χ0v) is 14.9. The van der Waals surface area contributed by atoms with Crippen molar-refractivity contribution >= 4 is 6.29 Å². The van der Waals surface area contributed by atoms with E-state index in [4.69, 9.17) is 14.2 Å². The maximum Gasteiger partial charge on any atom is 0.177 e. The van der Waals surface area contributed by atoms with Crippen molar-refractivity contribution in [3.63, 3.8) is 0 Å². The highest BCUT2D eigenvalue weighted by Gasteiger charge is 2.30. The van der Waals surface area contributed by atoms with Crippen LogP contribution in [0, 0.1) is 0 Å². The molecule has 0 radical (unpaired) electrons. The molecule has 4 rings (SSSR count). The second kappa shape index (κ2) is 7.50. The Bertz CT molecular complexity index is 925. The molecule has 1 aromatic heterocycles. The minimum absolute atomic E-state index is 0.205. The molecule has 0 spiro atoms. The third kappa shape index (κ3) is 3.77. The molecule has 0 N–H and O–H groups in total. The van der Waals surface area contributed by atoms with Crippen molar-refractivity contribution < 1.29 is 19.0 Å². The number of hydrogen-bond donors (Lipinski definition) is 0. The summed E-state index contributed by atoms with van der Waals surface area (Å²) in [6.45, 7) is 2.42. The van der Waals surface area contributed by atoms with Crippen LogP contribution in [0.4, 0.5) is 0 Å². The zero-order valence-electron chi connectivity index (χ0n) is 14.9. The quantitative estimate of drug-likeness (QED) is 0.632. The van der Waals surface area contributed by atoms with Crippen LogP contribution >= 0.6 is 0 Å². The van der Waals surface area contributed by atoms with Crippen LogP contribution in [0.2, 0.25) is 0 Å². The highest BCUT2D eigenvalue weighted by atomic mass is 16.6. The molecule has 5 heteroatoms. The van der Waals surface area contributed by atoms with E-state index in [9.17, 15) is 4.79 Å². The van der Waals surface area contributed by atoms with E-state index in [0.717, 1.165) is 17.5 Å². The van der Waals surface area contributed by atoms with E-state index in [0.29, 0.717) is 29.4 Å². The zero-order chi connectivity index (χ0) is 18.6. The van der Waals surface area contributed by atoms with Crippen molar-refractivity contribution in [2.75, 3.05) is 0 Å². The van der Waals surface area contributed by atoms with Crippen molar-refractivity contribution in [2.45, 2.75) is 25.7 Å². The number of fused-ring (bicyclic) bond motifs is 1. The first-order chi connectivity index (χ1) is 13.2. The molecule has 0 aliphatic carbocycles. The third-order valence-electron chi connectivity index (χ3n) is 4.40. The summed E-state index contributed by atoms with van der Waals surface area (Å²) in [5, 5.41) is 0. The number of ether oxygens (including phenoxy) is 3. The van der Waals surface area contributed by atoms with Gasteiger partial charge < -0.3 is 14.2 Å². The van der Waals surface area contributed by atoms with Gasteiger partial charge in [0.15, 0.2) is 17.6 Å². The Morgan fingerprint density at radius 2 is 1.89 bits per heavy atom. The average molecular weight is 361 g/mol. The lowest BCUT2D eigenvalue weighted by Crippen LogP contribution is -2.31. The lowest BCUT2D eigenvalue weighted by atomic mass is 10.1. The molecule has 1 aliphatic heterocycles. The van der Waals surface area contributed by atoms with Gasteiger partial charge in [0.25, 0.3) is 0 Å². The van der Waals surface area contributed by atoms with E-state index in [1.807, 2.05) is 49.4 Å². The summed E-state index contributed by atoms with van der Waals surface area (Å²) < 4.78 is 17.8. The number of pyridine rings is 1. The van der Waals surface area contributed by atoms with Crippen LogP contribution in [0.5, 0.6) is 17.2 Å². The van der Waals surface area contributed by atoms with Crippen molar-refractivity contribution in [3.05, 3.63) is 83.7 Å². The first-order valence-corrected chi connectivity index (χ1v) is 8.78. The molecule has 0 amide bonds. The molecular formula is C22H19NO4. The van der Waals surface area contributed by atoms with Crippen LogP contribution in [-0.2, 0) is 6.61 Å². The lowest BCUT2D eigenvalue weighted by molar-refractivity contribution is 0.0281. The SMILES string of the molecule is CC1Oc2ccc(C=O)cc2OC1c1ccc(OCc2ccccc2)cn1. The number of carbonyl (C=O) groups is 1. The van der Waals surface area contributed by atoms with Crippen molar-refractivity contribution in [2.24, 2.45) is 0 Å². The van der Waals surface area contributed by atoms with Crippen LogP contribution < -0.4 is 14.2 Å². The molecule has 3 aromatic rings. The van der Waals surface area contributed by atoms with Crippen molar-refractivity contribution in [3.8, 4) is 17.2 Å². The van der Waals surface area contributed by atoms with Crippen LogP contribution in [0.25, 0.3) is 0 Å². The highest BCUT2D eigenvalue weighted by molar-refractivity contribution is 5.76. The molecule has 1 aliphatic rings. The van der Waals surface area contributed by atoms with Gasteiger partial charge in [0.2, 0.25) is 0 Å². The van der Waals surface area contributed by atoms with Gasteiger partial charge in [-0.2, -0.15) is 0 Å². The largest absolute Gasteiger partial charge is 0.487 e. The summed E-state index contributed by atoms with van der Waals surface area (Å²) in [5.41, 5.74) is 2.39. The Morgan fingerprint density at radius 1 is 1.04 bits per heavy atom. The topological polar surface area (TPSA) is 57.7 Å². The van der Waals surface area contributed by atoms with Gasteiger partial charge in [-0.05, 0) is 42.8 Å². The number of hydrogen-bond acceptors (Lipinski definition) is 5. The van der Waals surface area contributed by atoms with E-state index >= 15 is 0 Å². The van der Waals surface area contributed by atoms with Crippen LogP contribution in [0.15, 0.2) is 66.9 Å². The molecular weight excluding hydrogens is 342 g/mol. The van der Waals surface area contributed by atoms with Gasteiger partial charge in [-0.1, -0.05) is 30.3 Å². The molecule has 5 nitrogen and oxygen atoms in total. The maximum atomic E-state index is 11.0. The van der Waals surface area contributed by atoms with E-state index in [2.05, 4.69) is 4.98 Å². The fourth-order valence-corrected chi connectivity index (χ4v) is 2.97. The number of aldehydes is 1. The first kappa shape index (κ1) is 17.1. The summed E-state index contributed by atoms with van der Waals surface area (Å²) in [5.74, 6) is 1.87. The number of aromatic nitrogens is 1. The summed E-state index contributed by atoms with van der Waals surface area (Å²) in [4.78, 5) is 15.5. The Balaban J connectivity index is 1.47. The molecule has 27 heavy (non-hydrogen) atoms. The fourth-order valence-electron chi connectivity index (χ4n) is 2.97. The van der Waals surface area contributed by atoms with Crippen molar-refractivity contribution in [1.82, 2.24) is 4.98 Å². The average Bonchev–Trinajstić information content (AvgIpc) is 2.72. The van der Waals surface area contributed by atoms with Gasteiger partial charge in [0.05, 0.1) is 11.9 Å². The van der Waals surface area contributed by atoms with Gasteiger partial charge in [0.1, 0.15) is 24.7 Å². The molecule has 2 atom stereocenters. The minimum atomic E-state index is -0.359. The van der Waals surface area contributed by atoms with Crippen LogP contribution in [-0.4, -0.2) is 17.4 Å². The molecule has 2 unspecified atom stereocenters. The third-order valence-corrected chi connectivity index (χ3v) is 4.40. The number of nitrogens with zero attached hydrogens (tertiary/aromatic N) is 1. The Morgan fingerprint density at radius 3 is 2.63 bits per heavy atom. The fraction of sp³-hybridized carbons (Fsp3) is 0.182. The standard InChI is InChI=1S/C22H19NO4/c1-15-22(27-21-11-17(13-24)7-10-20(21)26-15)19-9-8-18(12-23-19)25-14-16-5-3-2-4-6-16/h2-13,15,22H,14H2,1H3. The summed E-state index contributed by atoms with van der Waals surface area (Å²) >= 11 is 0. The van der Waals surface area contributed by atoms with E-state index in [-0.39, 0.29) is 12.2 Å². The molecule has 2 aromatic carbocycles. The Labute approximate surface area is 157 Å². The number of rotatable bonds is 5. The van der Waals surface area contributed by atoms with Gasteiger partial charge in [0, 0.05) is 5.56 Å². The first-order valence-electron chi connectivity index (χ1n) is 8.78. The molecule has 0 fully saturated rings. The van der Waals surface area contributed by atoms with Gasteiger partial charge in [-0.3, -0.25) is 9.78 Å². The molecule has 0 bridgehead atoms. The predicted octanol–water partition coefficient (Wildman–Crippen LogP) is 4.37. The van der Waals surface area contributed by atoms with Gasteiger partial charge in [-0.15, -0.1) is 0 Å². The number of carbonyl (C=O) groups excluding carboxylic acids is 1. The summed E-state index contributed by atoms with van der Waals surface area (Å²) in [6.07, 6.45) is 1.91. The van der Waals surface area contributed by atoms with Crippen molar-refractivity contribution in [1.29, 1.82) is 0 Å². The summed E-state index contributed by atoms with van der Waals surface area (Å²) in [6, 6.07) is 18.9. The maximum absolute atomic E-state index is 11.0. The monoisotopic (exact) mass is 361 g/mol. The van der Waals surface area contributed by atoms with Gasteiger partial charge >= 0.3 is 0 Å². The Kier molecular flexibility index (Phi) is 4.75. The lowest BCUT2D eigenvalue weighted by Gasteiger charge is -2.31.